The molecule has 5 heteroatoms. The van der Waals surface area contributed by atoms with Gasteiger partial charge in [-0.05, 0) is 30.3 Å². The van der Waals surface area contributed by atoms with Gasteiger partial charge in [-0.3, -0.25) is 0 Å². The maximum absolute atomic E-state index is 13.5. The first kappa shape index (κ1) is 13.8. The van der Waals surface area contributed by atoms with Gasteiger partial charge in [0.25, 0.3) is 0 Å². The Morgan fingerprint density at radius 2 is 1.71 bits per heavy atom. The standard InChI is InChI=1S/C16H16FNO2Si/c1-21(2,3)18-11-5-7-12-14-8-10(17)4-6-13(14)16(19)20-15(12)9-11/h4-9,18H,1-3H3. The third-order valence-electron chi connectivity index (χ3n) is 3.20. The van der Waals surface area contributed by atoms with Crippen molar-refractivity contribution in [1.82, 2.24) is 0 Å². The molecule has 0 unspecified atom stereocenters. The van der Waals surface area contributed by atoms with Crippen LogP contribution in [0.3, 0.4) is 0 Å². The van der Waals surface area contributed by atoms with Crippen molar-refractivity contribution < 1.29 is 8.81 Å². The Kier molecular flexibility index (Phi) is 3.09. The molecule has 0 bridgehead atoms. The molecule has 0 atom stereocenters. The molecular weight excluding hydrogens is 285 g/mol. The quantitative estimate of drug-likeness (QED) is 0.435. The summed E-state index contributed by atoms with van der Waals surface area (Å²) in [7, 11) is -1.49. The minimum absolute atomic E-state index is 0.362. The summed E-state index contributed by atoms with van der Waals surface area (Å²) in [6.07, 6.45) is 0. The average molecular weight is 301 g/mol. The lowest BCUT2D eigenvalue weighted by Crippen LogP contribution is -2.32. The predicted molar refractivity (Wildman–Crippen MR) is 86.9 cm³/mol. The van der Waals surface area contributed by atoms with Crippen LogP contribution < -0.4 is 10.6 Å². The van der Waals surface area contributed by atoms with Crippen LogP contribution in [0.5, 0.6) is 0 Å². The van der Waals surface area contributed by atoms with Crippen LogP contribution in [-0.4, -0.2) is 8.24 Å². The van der Waals surface area contributed by atoms with Gasteiger partial charge in [-0.1, -0.05) is 19.6 Å². The molecule has 1 N–H and O–H groups in total. The largest absolute Gasteiger partial charge is 0.422 e. The lowest BCUT2D eigenvalue weighted by Gasteiger charge is -2.19. The molecule has 2 aromatic carbocycles. The highest BCUT2D eigenvalue weighted by Gasteiger charge is 2.14. The van der Waals surface area contributed by atoms with Crippen LogP contribution in [0.25, 0.3) is 21.7 Å². The Labute approximate surface area is 122 Å². The zero-order valence-electron chi connectivity index (χ0n) is 12.2. The predicted octanol–water partition coefficient (Wildman–Crippen LogP) is 4.33. The highest BCUT2D eigenvalue weighted by Crippen LogP contribution is 2.26. The van der Waals surface area contributed by atoms with Gasteiger partial charge < -0.3 is 9.40 Å². The van der Waals surface area contributed by atoms with Crippen molar-refractivity contribution in [2.24, 2.45) is 0 Å². The first-order chi connectivity index (χ1) is 9.83. The van der Waals surface area contributed by atoms with Crippen molar-refractivity contribution in [3.05, 3.63) is 52.6 Å². The molecule has 0 saturated carbocycles. The molecule has 1 heterocycles. The molecule has 0 aliphatic rings. The van der Waals surface area contributed by atoms with Crippen LogP contribution >= 0.6 is 0 Å². The Morgan fingerprint density at radius 1 is 1.00 bits per heavy atom. The topological polar surface area (TPSA) is 42.2 Å². The lowest BCUT2D eigenvalue weighted by molar-refractivity contribution is 0.569. The lowest BCUT2D eigenvalue weighted by atomic mass is 10.1. The van der Waals surface area contributed by atoms with Crippen LogP contribution in [0.4, 0.5) is 10.1 Å². The number of halogens is 1. The molecule has 3 rings (SSSR count). The summed E-state index contributed by atoms with van der Waals surface area (Å²) in [6, 6.07) is 9.71. The number of benzene rings is 2. The van der Waals surface area contributed by atoms with E-state index < -0.39 is 13.9 Å². The van der Waals surface area contributed by atoms with Crippen molar-refractivity contribution in [2.75, 3.05) is 4.98 Å². The monoisotopic (exact) mass is 301 g/mol. The summed E-state index contributed by atoms with van der Waals surface area (Å²) in [4.78, 5) is 15.5. The first-order valence-electron chi connectivity index (χ1n) is 6.78. The molecule has 0 amide bonds. The minimum Gasteiger partial charge on any atom is -0.422 e. The van der Waals surface area contributed by atoms with Gasteiger partial charge in [0.05, 0.1) is 5.39 Å². The van der Waals surface area contributed by atoms with E-state index in [4.69, 9.17) is 4.42 Å². The van der Waals surface area contributed by atoms with Gasteiger partial charge in [0.15, 0.2) is 0 Å². The Bertz CT molecular complexity index is 896. The number of fused-ring (bicyclic) bond motifs is 3. The Morgan fingerprint density at radius 3 is 2.43 bits per heavy atom. The molecule has 0 spiro atoms. The molecule has 3 nitrogen and oxygen atoms in total. The Hall–Kier alpha value is -2.14. The molecule has 108 valence electrons. The van der Waals surface area contributed by atoms with Gasteiger partial charge in [0.2, 0.25) is 0 Å². The van der Waals surface area contributed by atoms with Crippen molar-refractivity contribution in [3.8, 4) is 0 Å². The van der Waals surface area contributed by atoms with E-state index in [1.807, 2.05) is 12.1 Å². The summed E-state index contributed by atoms with van der Waals surface area (Å²) < 4.78 is 18.8. The molecule has 0 fully saturated rings. The molecule has 0 saturated heterocycles. The van der Waals surface area contributed by atoms with E-state index in [9.17, 15) is 9.18 Å². The van der Waals surface area contributed by atoms with Gasteiger partial charge in [-0.2, -0.15) is 0 Å². The second kappa shape index (κ2) is 4.70. The highest BCUT2D eigenvalue weighted by molar-refractivity contribution is 6.79. The third kappa shape index (κ3) is 2.69. The first-order valence-corrected chi connectivity index (χ1v) is 10.3. The van der Waals surface area contributed by atoms with Gasteiger partial charge in [-0.15, -0.1) is 0 Å². The zero-order chi connectivity index (χ0) is 15.2. The second-order valence-corrected chi connectivity index (χ2v) is 10.9. The second-order valence-electron chi connectivity index (χ2n) is 6.17. The minimum atomic E-state index is -1.49. The van der Waals surface area contributed by atoms with Crippen LogP contribution in [0.2, 0.25) is 19.6 Å². The molecule has 3 aromatic rings. The van der Waals surface area contributed by atoms with E-state index in [0.717, 1.165) is 11.1 Å². The molecule has 0 radical (unpaired) electrons. The highest BCUT2D eigenvalue weighted by atomic mass is 28.3. The smallest absolute Gasteiger partial charge is 0.344 e. The maximum atomic E-state index is 13.5. The van der Waals surface area contributed by atoms with Gasteiger partial charge in [0.1, 0.15) is 19.6 Å². The van der Waals surface area contributed by atoms with Crippen LogP contribution in [0.1, 0.15) is 0 Å². The molecule has 0 aliphatic heterocycles. The molecule has 0 aliphatic carbocycles. The fraction of sp³-hybridized carbons (Fsp3) is 0.188. The van der Waals surface area contributed by atoms with Crippen LogP contribution in [-0.2, 0) is 0 Å². The number of rotatable bonds is 2. The number of nitrogens with one attached hydrogen (secondary N) is 1. The summed E-state index contributed by atoms with van der Waals surface area (Å²) >= 11 is 0. The van der Waals surface area contributed by atoms with E-state index in [-0.39, 0.29) is 5.82 Å². The van der Waals surface area contributed by atoms with Gasteiger partial charge >= 0.3 is 5.63 Å². The summed E-state index contributed by atoms with van der Waals surface area (Å²) in [5, 5.41) is 1.72. The number of hydrogen-bond donors (Lipinski definition) is 1. The van der Waals surface area contributed by atoms with E-state index in [2.05, 4.69) is 24.6 Å². The fourth-order valence-corrected chi connectivity index (χ4v) is 3.43. The van der Waals surface area contributed by atoms with Crippen molar-refractivity contribution in [1.29, 1.82) is 0 Å². The van der Waals surface area contributed by atoms with Gasteiger partial charge in [-0.25, -0.2) is 9.18 Å². The van der Waals surface area contributed by atoms with Crippen molar-refractivity contribution in [2.45, 2.75) is 19.6 Å². The SMILES string of the molecule is C[Si](C)(C)Nc1ccc2c(c1)oc(=O)c1ccc(F)cc12. The molecule has 1 aromatic heterocycles. The number of anilines is 1. The normalized spacial score (nSPS) is 12.0. The van der Waals surface area contributed by atoms with Crippen LogP contribution in [0.15, 0.2) is 45.6 Å². The van der Waals surface area contributed by atoms with E-state index in [0.29, 0.717) is 16.4 Å². The number of hydrogen-bond acceptors (Lipinski definition) is 3. The van der Waals surface area contributed by atoms with Crippen molar-refractivity contribution in [3.63, 3.8) is 0 Å². The van der Waals surface area contributed by atoms with Gasteiger partial charge in [0, 0.05) is 22.5 Å². The Balaban J connectivity index is 2.28. The van der Waals surface area contributed by atoms with Crippen LogP contribution in [0, 0.1) is 5.82 Å². The van der Waals surface area contributed by atoms with E-state index >= 15 is 0 Å². The summed E-state index contributed by atoms with van der Waals surface area (Å²) in [6.45, 7) is 6.55. The van der Waals surface area contributed by atoms with E-state index in [1.54, 1.807) is 6.07 Å². The average Bonchev–Trinajstić information content (AvgIpc) is 2.36. The summed E-state index contributed by atoms with van der Waals surface area (Å²) in [5.74, 6) is -0.362. The molecule has 21 heavy (non-hydrogen) atoms. The zero-order valence-corrected chi connectivity index (χ0v) is 13.2. The molecular formula is C16H16FNO2Si. The fourth-order valence-electron chi connectivity index (χ4n) is 2.41. The van der Waals surface area contributed by atoms with Crippen molar-refractivity contribution >= 4 is 35.7 Å². The third-order valence-corrected chi connectivity index (χ3v) is 4.23. The maximum Gasteiger partial charge on any atom is 0.344 e. The van der Waals surface area contributed by atoms with E-state index in [1.165, 1.54) is 18.2 Å². The summed E-state index contributed by atoms with van der Waals surface area (Å²) in [5.41, 5.74) is 0.949.